The van der Waals surface area contributed by atoms with Crippen molar-refractivity contribution in [2.24, 2.45) is 0 Å². The second-order valence-electron chi connectivity index (χ2n) is 8.75. The lowest BCUT2D eigenvalue weighted by molar-refractivity contribution is 0.00277. The molecule has 4 atom stereocenters. The summed E-state index contributed by atoms with van der Waals surface area (Å²) in [7, 11) is 0. The third-order valence-electron chi connectivity index (χ3n) is 6.55. The van der Waals surface area contributed by atoms with Gasteiger partial charge < -0.3 is 30.2 Å². The van der Waals surface area contributed by atoms with Gasteiger partial charge in [-0.2, -0.15) is 0 Å². The van der Waals surface area contributed by atoms with Crippen LogP contribution in [-0.2, 0) is 14.2 Å². The van der Waals surface area contributed by atoms with E-state index in [4.69, 9.17) is 26.4 Å². The van der Waals surface area contributed by atoms with Crippen LogP contribution in [0.5, 0.6) is 0 Å². The van der Waals surface area contributed by atoms with E-state index in [0.717, 1.165) is 42.1 Å². The van der Waals surface area contributed by atoms with E-state index in [2.05, 4.69) is 34.1 Å². The van der Waals surface area contributed by atoms with Crippen molar-refractivity contribution in [3.05, 3.63) is 42.5 Å². The third-order valence-corrected chi connectivity index (χ3v) is 6.77. The normalized spacial score (nSPS) is 27.6. The second-order valence-corrected chi connectivity index (χ2v) is 9.16. The van der Waals surface area contributed by atoms with Crippen molar-refractivity contribution in [3.63, 3.8) is 0 Å². The highest BCUT2D eigenvalue weighted by Gasteiger charge is 2.49. The lowest BCUT2D eigenvalue weighted by Gasteiger charge is -2.24. The number of ether oxygens (including phenoxy) is 3. The molecule has 2 aromatic rings. The molecular weight excluding hydrogens is 426 g/mol. The highest BCUT2D eigenvalue weighted by atomic mass is 32.1. The predicted molar refractivity (Wildman–Crippen MR) is 127 cm³/mol. The maximum absolute atomic E-state index is 12.3. The van der Waals surface area contributed by atoms with Gasteiger partial charge in [0.15, 0.2) is 11.2 Å². The number of benzene rings is 2. The molecule has 170 valence electrons. The fourth-order valence-corrected chi connectivity index (χ4v) is 5.20. The highest BCUT2D eigenvalue weighted by molar-refractivity contribution is 7.80. The van der Waals surface area contributed by atoms with Crippen molar-refractivity contribution < 1.29 is 19.0 Å². The van der Waals surface area contributed by atoms with Crippen LogP contribution in [0.25, 0.3) is 10.8 Å². The van der Waals surface area contributed by atoms with E-state index in [1.807, 2.05) is 24.3 Å². The zero-order valence-corrected chi connectivity index (χ0v) is 18.7. The molecule has 8 heteroatoms. The van der Waals surface area contributed by atoms with Crippen molar-refractivity contribution in [1.29, 1.82) is 0 Å². The van der Waals surface area contributed by atoms with Gasteiger partial charge in [0, 0.05) is 17.1 Å². The molecule has 1 amide bonds. The van der Waals surface area contributed by atoms with Gasteiger partial charge in [-0.25, -0.2) is 4.79 Å². The van der Waals surface area contributed by atoms with Crippen LogP contribution < -0.4 is 16.0 Å². The quantitative estimate of drug-likeness (QED) is 0.606. The first kappa shape index (κ1) is 21.4. The molecule has 5 rings (SSSR count). The molecule has 2 heterocycles. The average Bonchev–Trinajstić information content (AvgIpc) is 3.38. The van der Waals surface area contributed by atoms with E-state index < -0.39 is 6.10 Å². The lowest BCUT2D eigenvalue weighted by atomic mass is 9.96. The number of carbonyl (C=O) groups is 1. The third kappa shape index (κ3) is 4.67. The first-order valence-electron chi connectivity index (χ1n) is 11.4. The number of carbonyl (C=O) groups excluding carboxylic acids is 1. The van der Waals surface area contributed by atoms with Gasteiger partial charge in [0.05, 0.1) is 19.3 Å². The van der Waals surface area contributed by atoms with Gasteiger partial charge in [0.1, 0.15) is 12.2 Å². The Morgan fingerprint density at radius 1 is 0.938 bits per heavy atom. The number of fused-ring (bicyclic) bond motifs is 2. The first-order valence-corrected chi connectivity index (χ1v) is 11.8. The number of hydrogen-bond donors (Lipinski definition) is 3. The van der Waals surface area contributed by atoms with E-state index in [1.54, 1.807) is 0 Å². The van der Waals surface area contributed by atoms with Crippen molar-refractivity contribution in [1.82, 2.24) is 10.6 Å². The fourth-order valence-electron chi connectivity index (χ4n) is 4.94. The summed E-state index contributed by atoms with van der Waals surface area (Å²) in [6.45, 7) is 0.770. The molecule has 3 N–H and O–H groups in total. The molecule has 2 saturated heterocycles. The first-order chi connectivity index (χ1) is 15.7. The van der Waals surface area contributed by atoms with Crippen LogP contribution in [0.1, 0.15) is 32.1 Å². The molecule has 0 spiro atoms. The number of alkyl carbamates (subject to hydrolysis) is 1. The Morgan fingerprint density at radius 3 is 2.59 bits per heavy atom. The summed E-state index contributed by atoms with van der Waals surface area (Å²) < 4.78 is 17.5. The zero-order chi connectivity index (χ0) is 21.9. The number of amides is 1. The summed E-state index contributed by atoms with van der Waals surface area (Å²) >= 11 is 5.56. The Kier molecular flexibility index (Phi) is 6.43. The molecule has 0 unspecified atom stereocenters. The molecule has 2 aromatic carbocycles. The van der Waals surface area contributed by atoms with Gasteiger partial charge in [0.25, 0.3) is 0 Å². The highest BCUT2D eigenvalue weighted by Crippen LogP contribution is 2.30. The smallest absolute Gasteiger partial charge is 0.407 e. The molecule has 0 aromatic heterocycles. The van der Waals surface area contributed by atoms with Gasteiger partial charge in [-0.3, -0.25) is 0 Å². The standard InChI is InChI=1S/C24H29N3O4S/c28-24(25-16-9-2-1-3-10-16)31-20-14-30-21-19(13-29-22(20)21)27-23(32)26-18-12-6-8-15-7-4-5-11-17(15)18/h4-8,11-12,16,19-22H,1-3,9-10,13-14H2,(H,25,28)(H2,26,27,32)/t19-,20+,21+,22+/m0/s1. The van der Waals surface area contributed by atoms with Crippen molar-refractivity contribution in [2.75, 3.05) is 18.5 Å². The topological polar surface area (TPSA) is 80.9 Å². The van der Waals surface area contributed by atoms with Gasteiger partial charge in [-0.15, -0.1) is 0 Å². The molecule has 1 saturated carbocycles. The van der Waals surface area contributed by atoms with Gasteiger partial charge in [-0.1, -0.05) is 55.7 Å². The number of rotatable bonds is 4. The SMILES string of the molecule is O=C(NC1CCCCC1)O[C@@H]1CO[C@H]2[C@@H]1OC[C@@H]2NC(=S)Nc1cccc2ccccc12. The van der Waals surface area contributed by atoms with Crippen LogP contribution in [0.2, 0.25) is 0 Å². The second kappa shape index (κ2) is 9.60. The average molecular weight is 456 g/mol. The number of hydrogen-bond acceptors (Lipinski definition) is 5. The molecule has 7 nitrogen and oxygen atoms in total. The summed E-state index contributed by atoms with van der Waals surface area (Å²) in [6, 6.07) is 14.4. The number of anilines is 1. The summed E-state index contributed by atoms with van der Waals surface area (Å²) in [5.41, 5.74) is 0.948. The van der Waals surface area contributed by atoms with E-state index >= 15 is 0 Å². The van der Waals surface area contributed by atoms with Crippen LogP contribution in [-0.4, -0.2) is 54.8 Å². The fraction of sp³-hybridized carbons (Fsp3) is 0.500. The van der Waals surface area contributed by atoms with E-state index in [0.29, 0.717) is 18.3 Å². The molecule has 32 heavy (non-hydrogen) atoms. The molecule has 0 radical (unpaired) electrons. The number of thiocarbonyl (C=S) groups is 1. The van der Waals surface area contributed by atoms with Gasteiger partial charge in [-0.05, 0) is 36.5 Å². The summed E-state index contributed by atoms with van der Waals surface area (Å²) in [5.74, 6) is 0. The zero-order valence-electron chi connectivity index (χ0n) is 17.9. The minimum Gasteiger partial charge on any atom is -0.441 e. The minimum absolute atomic E-state index is 0.106. The van der Waals surface area contributed by atoms with Crippen LogP contribution in [0.4, 0.5) is 10.5 Å². The summed E-state index contributed by atoms with van der Waals surface area (Å²) in [4.78, 5) is 12.3. The summed E-state index contributed by atoms with van der Waals surface area (Å²) in [6.07, 6.45) is 4.32. The Bertz CT molecular complexity index is 975. The maximum Gasteiger partial charge on any atom is 0.407 e. The molecule has 3 fully saturated rings. The van der Waals surface area contributed by atoms with Crippen molar-refractivity contribution in [2.45, 2.75) is 62.5 Å². The summed E-state index contributed by atoms with van der Waals surface area (Å²) in [5, 5.41) is 12.4. The van der Waals surface area contributed by atoms with Crippen LogP contribution in [0, 0.1) is 0 Å². The lowest BCUT2D eigenvalue weighted by Crippen LogP contribution is -2.46. The van der Waals surface area contributed by atoms with Crippen LogP contribution >= 0.6 is 12.2 Å². The maximum atomic E-state index is 12.3. The largest absolute Gasteiger partial charge is 0.441 e. The minimum atomic E-state index is -0.407. The van der Waals surface area contributed by atoms with Gasteiger partial charge >= 0.3 is 6.09 Å². The molecule has 1 aliphatic carbocycles. The Balaban J connectivity index is 1.14. The van der Waals surface area contributed by atoms with Crippen molar-refractivity contribution >= 4 is 39.9 Å². The van der Waals surface area contributed by atoms with E-state index in [-0.39, 0.29) is 30.4 Å². The predicted octanol–water partition coefficient (Wildman–Crippen LogP) is 3.72. The Morgan fingerprint density at radius 2 is 1.72 bits per heavy atom. The molecule has 0 bridgehead atoms. The van der Waals surface area contributed by atoms with E-state index in [1.165, 1.54) is 6.42 Å². The van der Waals surface area contributed by atoms with Crippen molar-refractivity contribution in [3.8, 4) is 0 Å². The Labute approximate surface area is 193 Å². The molecule has 2 aliphatic heterocycles. The molecular formula is C24H29N3O4S. The van der Waals surface area contributed by atoms with E-state index in [9.17, 15) is 4.79 Å². The van der Waals surface area contributed by atoms with Gasteiger partial charge in [0.2, 0.25) is 0 Å². The Hall–Kier alpha value is -2.42. The molecule has 3 aliphatic rings. The van der Waals surface area contributed by atoms with Crippen LogP contribution in [0.15, 0.2) is 42.5 Å². The van der Waals surface area contributed by atoms with Crippen LogP contribution in [0.3, 0.4) is 0 Å². The number of nitrogens with one attached hydrogen (secondary N) is 3. The monoisotopic (exact) mass is 455 g/mol.